The molecule has 1 aromatic rings. The van der Waals surface area contributed by atoms with Crippen molar-refractivity contribution in [2.24, 2.45) is 0 Å². The average Bonchev–Trinajstić information content (AvgIpc) is 2.39. The van der Waals surface area contributed by atoms with Gasteiger partial charge in [0.15, 0.2) is 5.03 Å². The predicted molar refractivity (Wildman–Crippen MR) is 68.6 cm³/mol. The molecule has 0 unspecified atom stereocenters. The monoisotopic (exact) mass is 272 g/mol. The molecule has 6 heteroatoms. The molecule has 17 heavy (non-hydrogen) atoms. The summed E-state index contributed by atoms with van der Waals surface area (Å²) in [6.45, 7) is 1.24. The Kier molecular flexibility index (Phi) is 4.06. The van der Waals surface area contributed by atoms with Gasteiger partial charge in [-0.2, -0.15) is 4.31 Å². The summed E-state index contributed by atoms with van der Waals surface area (Å²) in [5.74, 6) is 0. The molecule has 0 amide bonds. The van der Waals surface area contributed by atoms with E-state index in [0.29, 0.717) is 13.1 Å². The van der Waals surface area contributed by atoms with Crippen molar-refractivity contribution in [2.45, 2.75) is 29.2 Å². The molecule has 0 spiro atoms. The van der Waals surface area contributed by atoms with Gasteiger partial charge in [-0.25, -0.2) is 13.4 Å². The molecule has 0 aliphatic carbocycles. The van der Waals surface area contributed by atoms with Gasteiger partial charge in [-0.05, 0) is 31.2 Å². The first kappa shape index (κ1) is 12.9. The van der Waals surface area contributed by atoms with E-state index in [2.05, 4.69) is 4.98 Å². The quantitative estimate of drug-likeness (QED) is 0.790. The van der Waals surface area contributed by atoms with E-state index in [1.165, 1.54) is 18.0 Å². The second kappa shape index (κ2) is 5.37. The van der Waals surface area contributed by atoms with E-state index in [-0.39, 0.29) is 5.03 Å². The number of sulfonamides is 1. The summed E-state index contributed by atoms with van der Waals surface area (Å²) in [5, 5.41) is 0.203. The van der Waals surface area contributed by atoms with Crippen molar-refractivity contribution in [3.05, 3.63) is 18.3 Å². The van der Waals surface area contributed by atoms with E-state index in [9.17, 15) is 8.42 Å². The van der Waals surface area contributed by atoms with E-state index in [1.807, 2.05) is 6.26 Å². The number of pyridine rings is 1. The molecule has 1 aliphatic heterocycles. The zero-order valence-electron chi connectivity index (χ0n) is 9.80. The molecule has 0 bridgehead atoms. The molecule has 0 aromatic carbocycles. The lowest BCUT2D eigenvalue weighted by Gasteiger charge is -2.25. The third-order valence-corrected chi connectivity index (χ3v) is 5.61. The SMILES string of the molecule is CSc1cccnc1S(=O)(=O)N1CCCCC1. The summed E-state index contributed by atoms with van der Waals surface area (Å²) in [6, 6.07) is 3.57. The molecule has 0 radical (unpaired) electrons. The lowest BCUT2D eigenvalue weighted by atomic mass is 10.2. The highest BCUT2D eigenvalue weighted by molar-refractivity contribution is 7.99. The molecule has 1 saturated heterocycles. The van der Waals surface area contributed by atoms with Gasteiger partial charge in [-0.15, -0.1) is 11.8 Å². The molecular weight excluding hydrogens is 256 g/mol. The highest BCUT2D eigenvalue weighted by Crippen LogP contribution is 2.26. The average molecular weight is 272 g/mol. The number of aromatic nitrogens is 1. The fraction of sp³-hybridized carbons (Fsp3) is 0.545. The number of piperidine rings is 1. The first-order valence-corrected chi connectivity index (χ1v) is 8.32. The number of nitrogens with zero attached hydrogens (tertiary/aromatic N) is 2. The van der Waals surface area contributed by atoms with Crippen LogP contribution in [0.15, 0.2) is 28.3 Å². The number of thioether (sulfide) groups is 1. The van der Waals surface area contributed by atoms with E-state index < -0.39 is 10.0 Å². The van der Waals surface area contributed by atoms with Crippen molar-refractivity contribution in [3.63, 3.8) is 0 Å². The van der Waals surface area contributed by atoms with Gasteiger partial charge in [0.25, 0.3) is 10.0 Å². The second-order valence-corrected chi connectivity index (χ2v) is 6.68. The minimum atomic E-state index is -3.40. The minimum Gasteiger partial charge on any atom is -0.242 e. The van der Waals surface area contributed by atoms with E-state index in [4.69, 9.17) is 0 Å². The molecule has 0 N–H and O–H groups in total. The maximum Gasteiger partial charge on any atom is 0.261 e. The van der Waals surface area contributed by atoms with Crippen LogP contribution in [0.5, 0.6) is 0 Å². The van der Waals surface area contributed by atoms with Gasteiger partial charge in [0.2, 0.25) is 0 Å². The topological polar surface area (TPSA) is 50.3 Å². The van der Waals surface area contributed by atoms with Crippen molar-refractivity contribution in [3.8, 4) is 0 Å². The summed E-state index contributed by atoms with van der Waals surface area (Å²) in [6.07, 6.45) is 6.41. The Balaban J connectivity index is 2.36. The normalized spacial score (nSPS) is 18.2. The molecule has 94 valence electrons. The number of rotatable bonds is 3. The summed E-state index contributed by atoms with van der Waals surface area (Å²) >= 11 is 1.42. The van der Waals surface area contributed by atoms with Crippen LogP contribution < -0.4 is 0 Å². The van der Waals surface area contributed by atoms with Crippen molar-refractivity contribution >= 4 is 21.8 Å². The van der Waals surface area contributed by atoms with E-state index in [0.717, 1.165) is 24.2 Å². The van der Waals surface area contributed by atoms with Crippen LogP contribution in [0.2, 0.25) is 0 Å². The smallest absolute Gasteiger partial charge is 0.242 e. The molecule has 0 saturated carbocycles. The van der Waals surface area contributed by atoms with Crippen molar-refractivity contribution < 1.29 is 8.42 Å². The largest absolute Gasteiger partial charge is 0.261 e. The minimum absolute atomic E-state index is 0.203. The van der Waals surface area contributed by atoms with Gasteiger partial charge in [0.05, 0.1) is 0 Å². The van der Waals surface area contributed by atoms with Crippen LogP contribution in [0, 0.1) is 0 Å². The lowest BCUT2D eigenvalue weighted by molar-refractivity contribution is 0.344. The van der Waals surface area contributed by atoms with Crippen LogP contribution in [0.25, 0.3) is 0 Å². The van der Waals surface area contributed by atoms with Gasteiger partial charge in [-0.1, -0.05) is 6.42 Å². The van der Waals surface area contributed by atoms with Crippen LogP contribution in [-0.4, -0.2) is 37.1 Å². The molecular formula is C11H16N2O2S2. The Morgan fingerprint density at radius 1 is 1.29 bits per heavy atom. The zero-order chi connectivity index (χ0) is 12.3. The summed E-state index contributed by atoms with van der Waals surface area (Å²) in [7, 11) is -3.40. The van der Waals surface area contributed by atoms with Crippen LogP contribution >= 0.6 is 11.8 Å². The fourth-order valence-corrected chi connectivity index (χ4v) is 4.46. The maximum atomic E-state index is 12.4. The Morgan fingerprint density at radius 3 is 2.65 bits per heavy atom. The summed E-state index contributed by atoms with van der Waals surface area (Å²) < 4.78 is 26.4. The van der Waals surface area contributed by atoms with Gasteiger partial charge in [0, 0.05) is 24.2 Å². The van der Waals surface area contributed by atoms with Crippen molar-refractivity contribution in [2.75, 3.05) is 19.3 Å². The fourth-order valence-electron chi connectivity index (χ4n) is 1.95. The first-order chi connectivity index (χ1) is 8.16. The van der Waals surface area contributed by atoms with Gasteiger partial charge >= 0.3 is 0 Å². The Morgan fingerprint density at radius 2 is 2.00 bits per heavy atom. The van der Waals surface area contributed by atoms with Gasteiger partial charge in [0.1, 0.15) is 0 Å². The summed E-state index contributed by atoms with van der Waals surface area (Å²) in [5.41, 5.74) is 0. The van der Waals surface area contributed by atoms with Crippen LogP contribution in [-0.2, 0) is 10.0 Å². The van der Waals surface area contributed by atoms with Crippen LogP contribution in [0.1, 0.15) is 19.3 Å². The van der Waals surface area contributed by atoms with Gasteiger partial charge < -0.3 is 0 Å². The van der Waals surface area contributed by atoms with Crippen molar-refractivity contribution in [1.29, 1.82) is 0 Å². The predicted octanol–water partition coefficient (Wildman–Crippen LogP) is 1.98. The van der Waals surface area contributed by atoms with Crippen LogP contribution in [0.4, 0.5) is 0 Å². The highest BCUT2D eigenvalue weighted by atomic mass is 32.2. The molecule has 1 aliphatic rings. The van der Waals surface area contributed by atoms with E-state index in [1.54, 1.807) is 16.4 Å². The molecule has 0 atom stereocenters. The number of hydrogen-bond acceptors (Lipinski definition) is 4. The standard InChI is InChI=1S/C11H16N2O2S2/c1-16-10-6-5-7-12-11(10)17(14,15)13-8-3-2-4-9-13/h5-7H,2-4,8-9H2,1H3. The Hall–Kier alpha value is -0.590. The van der Waals surface area contributed by atoms with Gasteiger partial charge in [-0.3, -0.25) is 0 Å². The summed E-state index contributed by atoms with van der Waals surface area (Å²) in [4.78, 5) is 4.77. The third kappa shape index (κ3) is 2.64. The Bertz CT molecular complexity index is 482. The third-order valence-electron chi connectivity index (χ3n) is 2.86. The van der Waals surface area contributed by atoms with E-state index >= 15 is 0 Å². The van der Waals surface area contributed by atoms with Crippen LogP contribution in [0.3, 0.4) is 0 Å². The molecule has 4 nitrogen and oxygen atoms in total. The second-order valence-electron chi connectivity index (χ2n) is 3.98. The molecule has 1 aromatic heterocycles. The molecule has 1 fully saturated rings. The maximum absolute atomic E-state index is 12.4. The molecule has 2 heterocycles. The zero-order valence-corrected chi connectivity index (χ0v) is 11.4. The number of hydrogen-bond donors (Lipinski definition) is 0. The Labute approximate surface area is 106 Å². The molecule has 2 rings (SSSR count). The van der Waals surface area contributed by atoms with Crippen molar-refractivity contribution in [1.82, 2.24) is 9.29 Å². The first-order valence-electron chi connectivity index (χ1n) is 5.65. The lowest BCUT2D eigenvalue weighted by Crippen LogP contribution is -2.36. The highest BCUT2D eigenvalue weighted by Gasteiger charge is 2.28.